The minimum Gasteiger partial charge on any atom is -0.497 e. The topological polar surface area (TPSA) is 30.8 Å². The zero-order chi connectivity index (χ0) is 11.0. The molecule has 0 spiro atoms. The van der Waals surface area contributed by atoms with Crippen LogP contribution in [0.25, 0.3) is 0 Å². The lowest BCUT2D eigenvalue weighted by Crippen LogP contribution is -2.24. The van der Waals surface area contributed by atoms with Crippen LogP contribution in [-0.4, -0.2) is 26.2 Å². The van der Waals surface area contributed by atoms with Gasteiger partial charge in [-0.2, -0.15) is 0 Å². The van der Waals surface area contributed by atoms with E-state index in [1.807, 2.05) is 18.3 Å². The van der Waals surface area contributed by atoms with Crippen molar-refractivity contribution in [3.8, 4) is 5.75 Å². The Bertz CT molecular complexity index is 406. The summed E-state index contributed by atoms with van der Waals surface area (Å²) < 4.78 is 10.8. The predicted molar refractivity (Wildman–Crippen MR) is 62.1 cm³/mol. The van der Waals surface area contributed by atoms with E-state index in [9.17, 15) is 0 Å². The standard InChI is InChI=1S/C13H15NO2/c1-15-11-4-2-10(3-5-11)13(6-7-13)12-14-8-9-16-12/h2-5,8,12H,6-7,9H2,1H3. The zero-order valence-electron chi connectivity index (χ0n) is 9.35. The summed E-state index contributed by atoms with van der Waals surface area (Å²) in [4.78, 5) is 4.41. The van der Waals surface area contributed by atoms with Gasteiger partial charge in [0.25, 0.3) is 0 Å². The Balaban J connectivity index is 1.87. The van der Waals surface area contributed by atoms with Crippen LogP contribution in [0, 0.1) is 0 Å². The van der Waals surface area contributed by atoms with Crippen molar-refractivity contribution in [2.45, 2.75) is 24.5 Å². The molecule has 0 radical (unpaired) electrons. The van der Waals surface area contributed by atoms with Crippen molar-refractivity contribution in [2.24, 2.45) is 4.99 Å². The van der Waals surface area contributed by atoms with Crippen molar-refractivity contribution in [3.05, 3.63) is 29.8 Å². The molecule has 0 amide bonds. The maximum absolute atomic E-state index is 5.64. The molecule has 3 heteroatoms. The number of ether oxygens (including phenoxy) is 2. The zero-order valence-corrected chi connectivity index (χ0v) is 9.35. The number of aliphatic imine (C=N–C) groups is 1. The van der Waals surface area contributed by atoms with E-state index in [1.54, 1.807) is 7.11 Å². The molecule has 84 valence electrons. The van der Waals surface area contributed by atoms with Crippen LogP contribution in [0.4, 0.5) is 0 Å². The Hall–Kier alpha value is -1.35. The van der Waals surface area contributed by atoms with Crippen molar-refractivity contribution in [1.29, 1.82) is 0 Å². The van der Waals surface area contributed by atoms with Crippen LogP contribution in [0.15, 0.2) is 29.3 Å². The van der Waals surface area contributed by atoms with E-state index >= 15 is 0 Å². The molecule has 2 aliphatic rings. The molecule has 0 N–H and O–H groups in total. The lowest BCUT2D eigenvalue weighted by molar-refractivity contribution is 0.0777. The summed E-state index contributed by atoms with van der Waals surface area (Å²) in [5.41, 5.74) is 1.46. The van der Waals surface area contributed by atoms with E-state index in [4.69, 9.17) is 9.47 Å². The first-order valence-electron chi connectivity index (χ1n) is 5.63. The summed E-state index contributed by atoms with van der Waals surface area (Å²) >= 11 is 0. The second kappa shape index (κ2) is 3.59. The lowest BCUT2D eigenvalue weighted by atomic mass is 9.94. The molecule has 0 aromatic heterocycles. The molecule has 0 bridgehead atoms. The molecule has 1 aliphatic heterocycles. The SMILES string of the molecule is COc1ccc(C2(C3N=CCO3)CC2)cc1. The molecule has 16 heavy (non-hydrogen) atoms. The van der Waals surface area contributed by atoms with Crippen molar-refractivity contribution < 1.29 is 9.47 Å². The highest BCUT2D eigenvalue weighted by Gasteiger charge is 2.52. The van der Waals surface area contributed by atoms with Gasteiger partial charge in [0.2, 0.25) is 0 Å². The lowest BCUT2D eigenvalue weighted by Gasteiger charge is -2.20. The monoisotopic (exact) mass is 217 g/mol. The van der Waals surface area contributed by atoms with Crippen LogP contribution in [-0.2, 0) is 10.2 Å². The molecule has 1 atom stereocenters. The highest BCUT2D eigenvalue weighted by atomic mass is 16.5. The average molecular weight is 217 g/mol. The van der Waals surface area contributed by atoms with Crippen LogP contribution in [0.5, 0.6) is 5.75 Å². The van der Waals surface area contributed by atoms with E-state index in [-0.39, 0.29) is 11.6 Å². The maximum atomic E-state index is 5.64. The fraction of sp³-hybridized carbons (Fsp3) is 0.462. The molecule has 3 nitrogen and oxygen atoms in total. The molecule has 1 aliphatic carbocycles. The quantitative estimate of drug-likeness (QED) is 0.776. The molecule has 1 saturated carbocycles. The number of hydrogen-bond donors (Lipinski definition) is 0. The molecular formula is C13H15NO2. The average Bonchev–Trinajstić information content (AvgIpc) is 2.97. The first kappa shape index (κ1) is 9.85. The van der Waals surface area contributed by atoms with Gasteiger partial charge >= 0.3 is 0 Å². The largest absolute Gasteiger partial charge is 0.497 e. The van der Waals surface area contributed by atoms with Gasteiger partial charge < -0.3 is 9.47 Å². The van der Waals surface area contributed by atoms with Crippen LogP contribution < -0.4 is 4.74 Å². The Morgan fingerprint density at radius 1 is 1.31 bits per heavy atom. The smallest absolute Gasteiger partial charge is 0.158 e. The third-order valence-electron chi connectivity index (χ3n) is 3.50. The fourth-order valence-electron chi connectivity index (χ4n) is 2.35. The molecule has 1 aromatic carbocycles. The van der Waals surface area contributed by atoms with Crippen molar-refractivity contribution >= 4 is 6.21 Å². The van der Waals surface area contributed by atoms with Gasteiger partial charge in [0.1, 0.15) is 5.75 Å². The van der Waals surface area contributed by atoms with Gasteiger partial charge in [-0.25, -0.2) is 0 Å². The molecule has 0 saturated heterocycles. The summed E-state index contributed by atoms with van der Waals surface area (Å²) in [5.74, 6) is 0.899. The van der Waals surface area contributed by atoms with E-state index in [0.717, 1.165) is 5.75 Å². The Morgan fingerprint density at radius 3 is 2.56 bits per heavy atom. The molecule has 1 fully saturated rings. The molecule has 1 aromatic rings. The summed E-state index contributed by atoms with van der Waals surface area (Å²) in [6.45, 7) is 0.655. The van der Waals surface area contributed by atoms with Gasteiger partial charge in [0, 0.05) is 11.6 Å². The third-order valence-corrected chi connectivity index (χ3v) is 3.50. The minimum atomic E-state index is 0.0286. The Labute approximate surface area is 95.1 Å². The van der Waals surface area contributed by atoms with Crippen LogP contribution in [0.3, 0.4) is 0 Å². The maximum Gasteiger partial charge on any atom is 0.158 e. The minimum absolute atomic E-state index is 0.0286. The predicted octanol–water partition coefficient (Wildman–Crippen LogP) is 2.15. The van der Waals surface area contributed by atoms with Gasteiger partial charge in [-0.3, -0.25) is 4.99 Å². The van der Waals surface area contributed by atoms with Crippen LogP contribution >= 0.6 is 0 Å². The normalized spacial score (nSPS) is 25.7. The fourth-order valence-corrected chi connectivity index (χ4v) is 2.35. The highest BCUT2D eigenvalue weighted by molar-refractivity contribution is 5.61. The van der Waals surface area contributed by atoms with Gasteiger partial charge in [-0.15, -0.1) is 0 Å². The van der Waals surface area contributed by atoms with Crippen molar-refractivity contribution in [1.82, 2.24) is 0 Å². The summed E-state index contributed by atoms with van der Waals surface area (Å²) in [7, 11) is 1.69. The highest BCUT2D eigenvalue weighted by Crippen LogP contribution is 2.53. The number of methoxy groups -OCH3 is 1. The summed E-state index contributed by atoms with van der Waals surface area (Å²) in [6.07, 6.45) is 4.23. The van der Waals surface area contributed by atoms with Gasteiger partial charge in [0.15, 0.2) is 6.23 Å². The van der Waals surface area contributed by atoms with Gasteiger partial charge in [-0.1, -0.05) is 12.1 Å². The number of hydrogen-bond acceptors (Lipinski definition) is 3. The Morgan fingerprint density at radius 2 is 2.06 bits per heavy atom. The van der Waals surface area contributed by atoms with E-state index in [2.05, 4.69) is 17.1 Å². The number of nitrogens with zero attached hydrogens (tertiary/aromatic N) is 1. The summed E-state index contributed by atoms with van der Waals surface area (Å²) in [5, 5.41) is 0. The molecule has 1 heterocycles. The van der Waals surface area contributed by atoms with Gasteiger partial charge in [0.05, 0.1) is 13.7 Å². The second-order valence-electron chi connectivity index (χ2n) is 4.40. The van der Waals surface area contributed by atoms with Crippen LogP contribution in [0.2, 0.25) is 0 Å². The van der Waals surface area contributed by atoms with E-state index in [1.165, 1.54) is 18.4 Å². The van der Waals surface area contributed by atoms with E-state index < -0.39 is 0 Å². The third kappa shape index (κ3) is 1.43. The van der Waals surface area contributed by atoms with Gasteiger partial charge in [-0.05, 0) is 30.5 Å². The Kier molecular flexibility index (Phi) is 2.21. The second-order valence-corrected chi connectivity index (χ2v) is 4.40. The number of rotatable bonds is 3. The molecular weight excluding hydrogens is 202 g/mol. The first-order chi connectivity index (χ1) is 7.85. The van der Waals surface area contributed by atoms with Crippen molar-refractivity contribution in [2.75, 3.05) is 13.7 Å². The van der Waals surface area contributed by atoms with E-state index in [0.29, 0.717) is 6.61 Å². The summed E-state index contributed by atoms with van der Waals surface area (Å²) in [6, 6.07) is 8.27. The van der Waals surface area contributed by atoms with Crippen molar-refractivity contribution in [3.63, 3.8) is 0 Å². The molecule has 1 unspecified atom stereocenters. The van der Waals surface area contributed by atoms with Crippen LogP contribution in [0.1, 0.15) is 18.4 Å². The molecule has 3 rings (SSSR count). The number of benzene rings is 1. The first-order valence-corrected chi connectivity index (χ1v) is 5.63.